The molecule has 3 atom stereocenters. The van der Waals surface area contributed by atoms with Crippen LogP contribution in [0.25, 0.3) is 0 Å². The van der Waals surface area contributed by atoms with E-state index in [0.717, 1.165) is 25.5 Å². The summed E-state index contributed by atoms with van der Waals surface area (Å²) in [7, 11) is 2.85. The molecule has 4 aromatic heterocycles. The van der Waals surface area contributed by atoms with Crippen molar-refractivity contribution in [2.75, 3.05) is 0 Å². The molecular weight excluding hydrogens is 432 g/mol. The molecule has 0 aliphatic rings. The Kier molecular flexibility index (Phi) is 5.48. The molecule has 4 heterocycles. The van der Waals surface area contributed by atoms with Crippen molar-refractivity contribution in [1.82, 2.24) is 3.19 Å². The van der Waals surface area contributed by atoms with Gasteiger partial charge in [-0.15, -0.1) is 0 Å². The number of rotatable bonds is 2. The van der Waals surface area contributed by atoms with Gasteiger partial charge in [0, 0.05) is 0 Å². The fourth-order valence-corrected chi connectivity index (χ4v) is 183. The van der Waals surface area contributed by atoms with Gasteiger partial charge < -0.3 is 0 Å². The van der Waals surface area contributed by atoms with Crippen molar-refractivity contribution < 1.29 is 0 Å². The number of hydrogen-bond acceptors (Lipinski definition) is 1. The van der Waals surface area contributed by atoms with Gasteiger partial charge in [-0.05, 0) is 25.5 Å². The van der Waals surface area contributed by atoms with Gasteiger partial charge in [-0.2, -0.15) is 0 Å². The van der Waals surface area contributed by atoms with Gasteiger partial charge in [-0.1, -0.05) is 22.6 Å². The van der Waals surface area contributed by atoms with Gasteiger partial charge in [-0.25, -0.2) is 0 Å². The molecule has 0 aliphatic heterocycles. The van der Waals surface area contributed by atoms with Crippen LogP contribution < -0.4 is 0 Å². The molecule has 17 heavy (non-hydrogen) atoms. The molecule has 0 fully saturated rings. The van der Waals surface area contributed by atoms with Crippen molar-refractivity contribution in [1.29, 1.82) is 0 Å². The van der Waals surface area contributed by atoms with Crippen LogP contribution in [-0.2, 0) is 0 Å². The first-order valence-corrected chi connectivity index (χ1v) is 29.0. The van der Waals surface area contributed by atoms with Gasteiger partial charge in [0.15, 0.2) is 0 Å². The second-order valence-corrected chi connectivity index (χ2v) is 58.1. The van der Waals surface area contributed by atoms with E-state index in [0.29, 0.717) is 0 Å². The molecular formula is C6H21GeNP7Si2. The molecule has 0 saturated carbocycles. The maximum absolute atomic E-state index is 2.65. The summed E-state index contributed by atoms with van der Waals surface area (Å²) in [6, 6.07) is 0. The van der Waals surface area contributed by atoms with Crippen LogP contribution in [0.15, 0.2) is 0 Å². The molecule has 0 aromatic carbocycles. The number of hydrogen-bond donors (Lipinski definition) is 0. The molecule has 3 radical (unpaired) electrons. The van der Waals surface area contributed by atoms with Gasteiger partial charge in [0.05, 0.1) is 0 Å². The molecule has 1 nitrogen and oxygen atoms in total. The average molecular weight is 453 g/mol. The maximum Gasteiger partial charge on any atom is -0.0138 e. The zero-order valence-electron chi connectivity index (χ0n) is 11.2. The molecule has 0 spiro atoms. The van der Waals surface area contributed by atoms with E-state index in [2.05, 4.69) is 59.2 Å². The second kappa shape index (κ2) is 5.67. The summed E-state index contributed by atoms with van der Waals surface area (Å²) < 4.78 is 2.65. The Hall–Kier alpha value is 3.04. The summed E-state index contributed by atoms with van der Waals surface area (Å²) >= 11 is 2.29. The Bertz CT molecular complexity index is 485. The molecule has 3 unspecified atom stereocenters. The topological polar surface area (TPSA) is 3.24 Å². The van der Waals surface area contributed by atoms with Crippen molar-refractivity contribution in [2.45, 2.75) is 39.3 Å². The molecule has 11 heteroatoms. The van der Waals surface area contributed by atoms with Crippen LogP contribution in [0.5, 0.6) is 0 Å². The van der Waals surface area contributed by atoms with Crippen LogP contribution in [-0.4, -0.2) is 36.4 Å². The average Bonchev–Trinajstić information content (AvgIpc) is 2.67. The summed E-state index contributed by atoms with van der Waals surface area (Å²) in [4.78, 5) is 0. The van der Waals surface area contributed by atoms with Gasteiger partial charge in [0.1, 0.15) is 0 Å². The van der Waals surface area contributed by atoms with Crippen molar-refractivity contribution in [3.8, 4) is 0 Å². The Morgan fingerprint density at radius 1 is 0.765 bits per heavy atom. The first kappa shape index (κ1) is 16.4. The third-order valence-corrected chi connectivity index (χ3v) is 98.8. The van der Waals surface area contributed by atoms with Crippen molar-refractivity contribution in [3.05, 3.63) is 0 Å². The minimum absolute atomic E-state index is 0.838. The predicted octanol–water partition coefficient (Wildman–Crippen LogP) is 7.27. The third-order valence-electron chi connectivity index (χ3n) is 2.42. The van der Waals surface area contributed by atoms with E-state index < -0.39 is 16.5 Å². The molecule has 0 aliphatic carbocycles. The van der Waals surface area contributed by atoms with E-state index >= 15 is 0 Å². The number of nitrogens with zero attached hydrogens (tertiary/aromatic N) is 1. The van der Waals surface area contributed by atoms with Gasteiger partial charge in [-0.3, -0.25) is 0 Å². The van der Waals surface area contributed by atoms with Gasteiger partial charge in [0.2, 0.25) is 0 Å². The third kappa shape index (κ3) is 4.03. The van der Waals surface area contributed by atoms with E-state index in [1.54, 1.807) is 22.6 Å². The zero-order chi connectivity index (χ0) is 13.0. The summed E-state index contributed by atoms with van der Waals surface area (Å²) in [6.07, 6.45) is 3.61. The van der Waals surface area contributed by atoms with E-state index in [-0.39, 0.29) is 0 Å². The molecule has 0 amide bonds. The molecule has 0 saturated heterocycles. The largest absolute Gasteiger partial charge is 0.0734 e. The summed E-state index contributed by atoms with van der Waals surface area (Å²) in [5.74, 6) is 0. The van der Waals surface area contributed by atoms with E-state index in [1.807, 2.05) is 0 Å². The summed E-state index contributed by atoms with van der Waals surface area (Å²) in [5, 5.41) is 0. The van der Waals surface area contributed by atoms with Gasteiger partial charge >= 0.3 is 75.7 Å². The smallest absolute Gasteiger partial charge is 0.0138 e. The van der Waals surface area contributed by atoms with Crippen LogP contribution in [0.2, 0.25) is 39.3 Å². The first-order chi connectivity index (χ1) is 7.60. The van der Waals surface area contributed by atoms with Crippen molar-refractivity contribution >= 4 is 81.3 Å². The molecule has 4 rings (SSSR count). The van der Waals surface area contributed by atoms with Crippen molar-refractivity contribution in [3.63, 3.8) is 0 Å². The van der Waals surface area contributed by atoms with Crippen LogP contribution in [0, 0.1) is 0 Å². The molecule has 0 N–H and O–H groups in total. The SMILES string of the molecule is C[Si](C)(C)[N]([Ge])[Si](C)(C)C.[pH]1p2[pH]p3p1p3[pH]2. The Morgan fingerprint density at radius 2 is 1.06 bits per heavy atom. The molecule has 97 valence electrons. The van der Waals surface area contributed by atoms with Crippen molar-refractivity contribution in [2.24, 2.45) is 0 Å². The van der Waals surface area contributed by atoms with Crippen LogP contribution in [0.3, 0.4) is 0 Å². The maximum atomic E-state index is 2.65. The molecule has 4 aromatic rings. The second-order valence-electron chi connectivity index (χ2n) is 6.18. The Morgan fingerprint density at radius 3 is 1.12 bits per heavy atom. The standard InChI is InChI=1S/C6H18GeNSi2.H3P7/c1-9(2,3)8(7)10(4,5)6;1-4-2-6-5(1)7(6)3-4/h1-6H3;1-3H. The van der Waals surface area contributed by atoms with E-state index in [9.17, 15) is 0 Å². The fraction of sp³-hybridized carbons (Fsp3) is 1.00. The van der Waals surface area contributed by atoms with E-state index in [4.69, 9.17) is 0 Å². The Labute approximate surface area is 123 Å². The minimum atomic E-state index is -1.00. The van der Waals surface area contributed by atoms with Crippen LogP contribution in [0.4, 0.5) is 0 Å². The zero-order valence-corrected chi connectivity index (χ0v) is 21.9. The summed E-state index contributed by atoms with van der Waals surface area (Å²) in [6.45, 7) is 14.4. The van der Waals surface area contributed by atoms with Crippen LogP contribution in [0.1, 0.15) is 0 Å². The van der Waals surface area contributed by atoms with Crippen LogP contribution >= 0.6 is 48.1 Å². The summed E-state index contributed by atoms with van der Waals surface area (Å²) in [5.41, 5.74) is 0. The Balaban J connectivity index is 0.000000131. The monoisotopic (exact) mass is 454 g/mol. The van der Waals surface area contributed by atoms with Gasteiger partial charge in [0.25, 0.3) is 0 Å². The fourth-order valence-electron chi connectivity index (χ4n) is 1.72. The minimum Gasteiger partial charge on any atom is -0.0734 e. The van der Waals surface area contributed by atoms with E-state index in [1.165, 1.54) is 0 Å². The predicted molar refractivity (Wildman–Crippen MR) is 107 cm³/mol. The first-order valence-electron chi connectivity index (χ1n) is 5.61. The normalized spacial score (nSPS) is 19.8. The quantitative estimate of drug-likeness (QED) is 0.370. The molecule has 4 bridgehead atoms.